The number of aryl methyl sites for hydroxylation is 1. The minimum Gasteiger partial charge on any atom is -0.374 e. The summed E-state index contributed by atoms with van der Waals surface area (Å²) >= 11 is 1.33. The summed E-state index contributed by atoms with van der Waals surface area (Å²) in [6.45, 7) is 2.05. The molecular formula is C9H10N4S. The Hall–Kier alpha value is -1.62. The molecule has 0 bridgehead atoms. The molecule has 0 fully saturated rings. The molecule has 0 radical (unpaired) electrons. The molecule has 1 aromatic heterocycles. The zero-order valence-electron chi connectivity index (χ0n) is 7.69. The van der Waals surface area contributed by atoms with Gasteiger partial charge in [0, 0.05) is 5.69 Å². The molecule has 0 unspecified atom stereocenters. The summed E-state index contributed by atoms with van der Waals surface area (Å²) in [5.41, 5.74) is 7.68. The summed E-state index contributed by atoms with van der Waals surface area (Å²) < 4.78 is 0. The fourth-order valence-electron chi connectivity index (χ4n) is 1.05. The van der Waals surface area contributed by atoms with Gasteiger partial charge in [0.25, 0.3) is 0 Å². The van der Waals surface area contributed by atoms with Crippen LogP contribution >= 0.6 is 11.3 Å². The molecule has 0 saturated heterocycles. The van der Waals surface area contributed by atoms with E-state index in [1.807, 2.05) is 31.2 Å². The molecule has 72 valence electrons. The first-order chi connectivity index (χ1) is 6.74. The Morgan fingerprint density at radius 1 is 1.21 bits per heavy atom. The number of rotatable bonds is 2. The quantitative estimate of drug-likeness (QED) is 0.790. The highest BCUT2D eigenvalue weighted by molar-refractivity contribution is 7.18. The molecule has 2 aromatic rings. The van der Waals surface area contributed by atoms with Gasteiger partial charge in [-0.1, -0.05) is 29.0 Å². The summed E-state index contributed by atoms with van der Waals surface area (Å²) in [5, 5.41) is 11.9. The molecule has 0 aliphatic heterocycles. The van der Waals surface area contributed by atoms with Crippen LogP contribution in [0.25, 0.3) is 0 Å². The van der Waals surface area contributed by atoms with Crippen LogP contribution in [0.4, 0.5) is 16.0 Å². The Kier molecular flexibility index (Phi) is 2.32. The first kappa shape index (κ1) is 8.96. The van der Waals surface area contributed by atoms with Crippen LogP contribution < -0.4 is 11.1 Å². The predicted molar refractivity (Wildman–Crippen MR) is 58.8 cm³/mol. The van der Waals surface area contributed by atoms with Gasteiger partial charge in [-0.15, -0.1) is 10.2 Å². The monoisotopic (exact) mass is 206 g/mol. The third kappa shape index (κ3) is 2.00. The third-order valence-corrected chi connectivity index (χ3v) is 2.41. The van der Waals surface area contributed by atoms with Crippen molar-refractivity contribution in [1.82, 2.24) is 10.2 Å². The van der Waals surface area contributed by atoms with Crippen LogP contribution in [0.3, 0.4) is 0 Å². The van der Waals surface area contributed by atoms with Gasteiger partial charge in [0.2, 0.25) is 10.3 Å². The van der Waals surface area contributed by atoms with Crippen LogP contribution in [0.2, 0.25) is 0 Å². The molecule has 0 aliphatic carbocycles. The van der Waals surface area contributed by atoms with Crippen molar-refractivity contribution in [3.05, 3.63) is 29.8 Å². The number of hydrogen-bond donors (Lipinski definition) is 2. The number of nitrogens with zero attached hydrogens (tertiary/aromatic N) is 2. The SMILES string of the molecule is Cc1ccc(Nc2nnc(N)s2)cc1. The molecule has 5 heteroatoms. The second-order valence-electron chi connectivity index (χ2n) is 2.94. The van der Waals surface area contributed by atoms with E-state index >= 15 is 0 Å². The Morgan fingerprint density at radius 3 is 2.50 bits per heavy atom. The van der Waals surface area contributed by atoms with Crippen LogP contribution in [0.1, 0.15) is 5.56 Å². The van der Waals surface area contributed by atoms with Crippen molar-refractivity contribution in [2.75, 3.05) is 11.1 Å². The number of nitrogens with two attached hydrogens (primary N) is 1. The van der Waals surface area contributed by atoms with Gasteiger partial charge in [0.05, 0.1) is 0 Å². The van der Waals surface area contributed by atoms with E-state index in [1.165, 1.54) is 16.9 Å². The summed E-state index contributed by atoms with van der Waals surface area (Å²) in [5.74, 6) is 0. The van der Waals surface area contributed by atoms with Crippen molar-refractivity contribution in [2.45, 2.75) is 6.92 Å². The van der Waals surface area contributed by atoms with E-state index in [0.717, 1.165) is 5.69 Å². The predicted octanol–water partition coefficient (Wildman–Crippen LogP) is 2.17. The van der Waals surface area contributed by atoms with E-state index in [2.05, 4.69) is 15.5 Å². The molecule has 1 aromatic carbocycles. The minimum atomic E-state index is 0.472. The average molecular weight is 206 g/mol. The van der Waals surface area contributed by atoms with Crippen molar-refractivity contribution >= 4 is 27.3 Å². The van der Waals surface area contributed by atoms with Gasteiger partial charge in [-0.05, 0) is 19.1 Å². The second kappa shape index (κ2) is 3.63. The first-order valence-corrected chi connectivity index (χ1v) is 4.98. The molecule has 4 nitrogen and oxygen atoms in total. The van der Waals surface area contributed by atoms with Gasteiger partial charge < -0.3 is 11.1 Å². The number of nitrogens with one attached hydrogen (secondary N) is 1. The fraction of sp³-hybridized carbons (Fsp3) is 0.111. The van der Waals surface area contributed by atoms with Crippen molar-refractivity contribution in [3.63, 3.8) is 0 Å². The third-order valence-electron chi connectivity index (χ3n) is 1.74. The molecule has 3 N–H and O–H groups in total. The fourth-order valence-corrected chi connectivity index (χ4v) is 1.58. The lowest BCUT2D eigenvalue weighted by molar-refractivity contribution is 1.10. The van der Waals surface area contributed by atoms with Crippen LogP contribution in [-0.2, 0) is 0 Å². The van der Waals surface area contributed by atoms with Crippen molar-refractivity contribution in [3.8, 4) is 0 Å². The zero-order valence-corrected chi connectivity index (χ0v) is 8.51. The smallest absolute Gasteiger partial charge is 0.211 e. The van der Waals surface area contributed by atoms with Crippen molar-refractivity contribution < 1.29 is 0 Å². The van der Waals surface area contributed by atoms with Gasteiger partial charge in [0.1, 0.15) is 0 Å². The van der Waals surface area contributed by atoms with E-state index in [0.29, 0.717) is 10.3 Å². The lowest BCUT2D eigenvalue weighted by Crippen LogP contribution is -1.88. The van der Waals surface area contributed by atoms with Crippen LogP contribution in [-0.4, -0.2) is 10.2 Å². The van der Waals surface area contributed by atoms with Gasteiger partial charge in [0.15, 0.2) is 0 Å². The summed E-state index contributed by atoms with van der Waals surface area (Å²) in [6.07, 6.45) is 0. The first-order valence-electron chi connectivity index (χ1n) is 4.17. The van der Waals surface area contributed by atoms with E-state index in [-0.39, 0.29) is 0 Å². The highest BCUT2D eigenvalue weighted by atomic mass is 32.1. The Morgan fingerprint density at radius 2 is 1.93 bits per heavy atom. The summed E-state index contributed by atoms with van der Waals surface area (Å²) in [4.78, 5) is 0. The maximum atomic E-state index is 5.46. The lowest BCUT2D eigenvalue weighted by Gasteiger charge is -2.00. The second-order valence-corrected chi connectivity index (χ2v) is 3.95. The van der Waals surface area contributed by atoms with Gasteiger partial charge in [-0.3, -0.25) is 0 Å². The lowest BCUT2D eigenvalue weighted by atomic mass is 10.2. The van der Waals surface area contributed by atoms with Gasteiger partial charge in [-0.2, -0.15) is 0 Å². The largest absolute Gasteiger partial charge is 0.374 e. The van der Waals surface area contributed by atoms with E-state index < -0.39 is 0 Å². The van der Waals surface area contributed by atoms with Crippen LogP contribution in [0, 0.1) is 6.92 Å². The maximum absolute atomic E-state index is 5.46. The van der Waals surface area contributed by atoms with Crippen LogP contribution in [0.15, 0.2) is 24.3 Å². The van der Waals surface area contributed by atoms with Crippen LogP contribution in [0.5, 0.6) is 0 Å². The molecule has 0 spiro atoms. The molecule has 14 heavy (non-hydrogen) atoms. The highest BCUT2D eigenvalue weighted by Gasteiger charge is 2.00. The number of hydrogen-bond acceptors (Lipinski definition) is 5. The van der Waals surface area contributed by atoms with Gasteiger partial charge in [-0.25, -0.2) is 0 Å². The molecule has 0 amide bonds. The van der Waals surface area contributed by atoms with Crippen molar-refractivity contribution in [1.29, 1.82) is 0 Å². The molecule has 1 heterocycles. The zero-order chi connectivity index (χ0) is 9.97. The highest BCUT2D eigenvalue weighted by Crippen LogP contribution is 2.21. The van der Waals surface area contributed by atoms with Gasteiger partial charge >= 0.3 is 0 Å². The summed E-state index contributed by atoms with van der Waals surface area (Å²) in [6, 6.07) is 8.05. The molecule has 0 aliphatic rings. The normalized spacial score (nSPS) is 10.1. The number of anilines is 3. The number of aromatic nitrogens is 2. The molecular weight excluding hydrogens is 196 g/mol. The molecule has 0 atom stereocenters. The van der Waals surface area contributed by atoms with E-state index in [1.54, 1.807) is 0 Å². The maximum Gasteiger partial charge on any atom is 0.211 e. The Bertz CT molecular complexity index is 421. The average Bonchev–Trinajstić information content (AvgIpc) is 2.56. The molecule has 2 rings (SSSR count). The number of nitrogen functional groups attached to an aromatic ring is 1. The Labute approximate surface area is 85.8 Å². The standard InChI is InChI=1S/C9H10N4S/c1-6-2-4-7(5-3-6)11-9-13-12-8(10)14-9/h2-5H,1H3,(H2,10,12)(H,11,13). The van der Waals surface area contributed by atoms with Crippen molar-refractivity contribution in [2.24, 2.45) is 0 Å². The van der Waals surface area contributed by atoms with E-state index in [9.17, 15) is 0 Å². The minimum absolute atomic E-state index is 0.472. The van der Waals surface area contributed by atoms with E-state index in [4.69, 9.17) is 5.73 Å². The summed E-state index contributed by atoms with van der Waals surface area (Å²) in [7, 11) is 0. The number of benzene rings is 1. The molecule has 0 saturated carbocycles. The topological polar surface area (TPSA) is 63.8 Å². The Balaban J connectivity index is 2.15.